The molecule has 0 aromatic rings. The predicted octanol–water partition coefficient (Wildman–Crippen LogP) is 2.26. The van der Waals surface area contributed by atoms with Crippen molar-refractivity contribution in [2.75, 3.05) is 0 Å². The van der Waals surface area contributed by atoms with E-state index in [0.717, 1.165) is 0 Å². The maximum atomic E-state index is 8.21. The van der Waals surface area contributed by atoms with Gasteiger partial charge in [0.15, 0.2) is 0 Å². The molecule has 1 rings (SSSR count). The molecule has 0 radical (unpaired) electrons. The molecule has 0 N–H and O–H groups in total. The number of nitriles is 1. The standard InChI is InChI=1S/C8H11N/c1-8(4-2-5-8)6-3-7-9/h3,6H,2,4-5H2,1H3/b6-3+. The van der Waals surface area contributed by atoms with Crippen LogP contribution in [-0.2, 0) is 0 Å². The highest BCUT2D eigenvalue weighted by Gasteiger charge is 2.28. The average molecular weight is 121 g/mol. The molecule has 1 aliphatic carbocycles. The van der Waals surface area contributed by atoms with Crippen molar-refractivity contribution >= 4 is 0 Å². The monoisotopic (exact) mass is 121 g/mol. The molecule has 0 amide bonds. The molecule has 0 spiro atoms. The van der Waals surface area contributed by atoms with E-state index in [1.165, 1.54) is 19.3 Å². The summed E-state index contributed by atoms with van der Waals surface area (Å²) in [6, 6.07) is 2.01. The molecule has 1 saturated carbocycles. The van der Waals surface area contributed by atoms with Crippen molar-refractivity contribution in [3.8, 4) is 6.07 Å². The van der Waals surface area contributed by atoms with Crippen LogP contribution in [-0.4, -0.2) is 0 Å². The lowest BCUT2D eigenvalue weighted by Crippen LogP contribution is -2.22. The van der Waals surface area contributed by atoms with E-state index in [9.17, 15) is 0 Å². The van der Waals surface area contributed by atoms with Crippen LogP contribution in [0.1, 0.15) is 26.2 Å². The Balaban J connectivity index is 2.43. The molecule has 0 heterocycles. The lowest BCUT2D eigenvalue weighted by atomic mass is 9.70. The zero-order chi connectivity index (χ0) is 6.74. The summed E-state index contributed by atoms with van der Waals surface area (Å²) >= 11 is 0. The van der Waals surface area contributed by atoms with E-state index in [1.807, 2.05) is 12.1 Å². The summed E-state index contributed by atoms with van der Waals surface area (Å²) < 4.78 is 0. The Morgan fingerprint density at radius 2 is 2.22 bits per heavy atom. The Hall–Kier alpha value is -0.770. The van der Waals surface area contributed by atoms with Crippen LogP contribution in [0.25, 0.3) is 0 Å². The van der Waals surface area contributed by atoms with Crippen LogP contribution in [0, 0.1) is 16.7 Å². The van der Waals surface area contributed by atoms with E-state index < -0.39 is 0 Å². The molecule has 0 atom stereocenters. The van der Waals surface area contributed by atoms with Gasteiger partial charge in [-0.25, -0.2) is 0 Å². The minimum atomic E-state index is 0.371. The molecule has 0 aliphatic heterocycles. The second-order valence-corrected chi connectivity index (χ2v) is 2.97. The van der Waals surface area contributed by atoms with E-state index >= 15 is 0 Å². The maximum Gasteiger partial charge on any atom is 0.0908 e. The van der Waals surface area contributed by atoms with Gasteiger partial charge in [0.25, 0.3) is 0 Å². The zero-order valence-corrected chi connectivity index (χ0v) is 5.72. The third-order valence-electron chi connectivity index (χ3n) is 2.06. The number of allylic oxidation sites excluding steroid dienone is 2. The Morgan fingerprint density at radius 3 is 2.56 bits per heavy atom. The van der Waals surface area contributed by atoms with Gasteiger partial charge in [-0.15, -0.1) is 0 Å². The minimum absolute atomic E-state index is 0.371. The van der Waals surface area contributed by atoms with Gasteiger partial charge in [-0.2, -0.15) is 5.26 Å². The molecular formula is C8H11N. The van der Waals surface area contributed by atoms with Gasteiger partial charge in [-0.3, -0.25) is 0 Å². The first-order chi connectivity index (χ1) is 4.27. The fourth-order valence-electron chi connectivity index (χ4n) is 1.14. The van der Waals surface area contributed by atoms with Crippen LogP contribution in [0.5, 0.6) is 0 Å². The van der Waals surface area contributed by atoms with Crippen LogP contribution < -0.4 is 0 Å². The third kappa shape index (κ3) is 1.32. The molecule has 0 unspecified atom stereocenters. The van der Waals surface area contributed by atoms with Crippen LogP contribution in [0.4, 0.5) is 0 Å². The van der Waals surface area contributed by atoms with Gasteiger partial charge in [-0.05, 0) is 18.3 Å². The fourth-order valence-corrected chi connectivity index (χ4v) is 1.14. The quantitative estimate of drug-likeness (QED) is 0.488. The van der Waals surface area contributed by atoms with E-state index in [2.05, 4.69) is 6.92 Å². The molecule has 9 heavy (non-hydrogen) atoms. The van der Waals surface area contributed by atoms with Gasteiger partial charge in [-0.1, -0.05) is 19.4 Å². The van der Waals surface area contributed by atoms with Crippen molar-refractivity contribution in [2.24, 2.45) is 5.41 Å². The Morgan fingerprint density at radius 1 is 1.56 bits per heavy atom. The first kappa shape index (κ1) is 6.35. The smallest absolute Gasteiger partial charge is 0.0908 e. The topological polar surface area (TPSA) is 23.8 Å². The molecule has 48 valence electrons. The second kappa shape index (κ2) is 2.23. The number of nitrogens with zero attached hydrogens (tertiary/aromatic N) is 1. The van der Waals surface area contributed by atoms with Crippen molar-refractivity contribution in [1.82, 2.24) is 0 Å². The lowest BCUT2D eigenvalue weighted by Gasteiger charge is -2.34. The summed E-state index contributed by atoms with van der Waals surface area (Å²) in [7, 11) is 0. The van der Waals surface area contributed by atoms with E-state index in [1.54, 1.807) is 6.08 Å². The van der Waals surface area contributed by atoms with Crippen molar-refractivity contribution in [3.63, 3.8) is 0 Å². The summed E-state index contributed by atoms with van der Waals surface area (Å²) in [6.45, 7) is 2.20. The third-order valence-corrected chi connectivity index (χ3v) is 2.06. The van der Waals surface area contributed by atoms with Gasteiger partial charge < -0.3 is 0 Å². The molecular weight excluding hydrogens is 110 g/mol. The molecule has 0 aromatic carbocycles. The lowest BCUT2D eigenvalue weighted by molar-refractivity contribution is 0.234. The normalized spacial score (nSPS) is 23.1. The average Bonchev–Trinajstić information content (AvgIpc) is 1.79. The largest absolute Gasteiger partial charge is 0.193 e. The van der Waals surface area contributed by atoms with Crippen LogP contribution in [0.15, 0.2) is 12.2 Å². The molecule has 1 nitrogen and oxygen atoms in total. The predicted molar refractivity (Wildman–Crippen MR) is 36.7 cm³/mol. The number of hydrogen-bond donors (Lipinski definition) is 0. The molecule has 0 bridgehead atoms. The van der Waals surface area contributed by atoms with Gasteiger partial charge in [0.05, 0.1) is 6.07 Å². The highest BCUT2D eigenvalue weighted by Crippen LogP contribution is 2.41. The van der Waals surface area contributed by atoms with Gasteiger partial charge in [0.1, 0.15) is 0 Å². The summed E-state index contributed by atoms with van der Waals surface area (Å²) in [4.78, 5) is 0. The SMILES string of the molecule is CC1(/C=C/C#N)CCC1. The number of hydrogen-bond acceptors (Lipinski definition) is 1. The minimum Gasteiger partial charge on any atom is -0.193 e. The van der Waals surface area contributed by atoms with Crippen molar-refractivity contribution in [2.45, 2.75) is 26.2 Å². The second-order valence-electron chi connectivity index (χ2n) is 2.97. The van der Waals surface area contributed by atoms with E-state index in [4.69, 9.17) is 5.26 Å². The molecule has 1 heteroatoms. The molecule has 1 fully saturated rings. The van der Waals surface area contributed by atoms with Crippen molar-refractivity contribution < 1.29 is 0 Å². The molecule has 0 aromatic heterocycles. The Bertz CT molecular complexity index is 158. The van der Waals surface area contributed by atoms with Gasteiger partial charge in [0.2, 0.25) is 0 Å². The van der Waals surface area contributed by atoms with Crippen LogP contribution in [0.3, 0.4) is 0 Å². The summed E-state index contributed by atoms with van der Waals surface area (Å²) in [5.41, 5.74) is 0.371. The zero-order valence-electron chi connectivity index (χ0n) is 5.72. The maximum absolute atomic E-state index is 8.21. The Kier molecular flexibility index (Phi) is 1.57. The molecule has 0 saturated heterocycles. The summed E-state index contributed by atoms with van der Waals surface area (Å²) in [6.07, 6.45) is 7.46. The van der Waals surface area contributed by atoms with Crippen molar-refractivity contribution in [3.05, 3.63) is 12.2 Å². The molecule has 1 aliphatic rings. The summed E-state index contributed by atoms with van der Waals surface area (Å²) in [5.74, 6) is 0. The van der Waals surface area contributed by atoms with Gasteiger partial charge >= 0.3 is 0 Å². The van der Waals surface area contributed by atoms with Crippen molar-refractivity contribution in [1.29, 1.82) is 5.26 Å². The van der Waals surface area contributed by atoms with Gasteiger partial charge in [0, 0.05) is 6.08 Å². The van der Waals surface area contributed by atoms with Crippen LogP contribution >= 0.6 is 0 Å². The first-order valence-corrected chi connectivity index (χ1v) is 3.34. The fraction of sp³-hybridized carbons (Fsp3) is 0.625. The Labute approximate surface area is 56.0 Å². The van der Waals surface area contributed by atoms with E-state index in [0.29, 0.717) is 5.41 Å². The number of rotatable bonds is 1. The first-order valence-electron chi connectivity index (χ1n) is 3.34. The van der Waals surface area contributed by atoms with E-state index in [-0.39, 0.29) is 0 Å². The highest BCUT2D eigenvalue weighted by atomic mass is 14.3. The summed E-state index contributed by atoms with van der Waals surface area (Å²) in [5, 5.41) is 8.21. The highest BCUT2D eigenvalue weighted by molar-refractivity contribution is 5.10. The van der Waals surface area contributed by atoms with Crippen LogP contribution in [0.2, 0.25) is 0 Å².